The van der Waals surface area contributed by atoms with Gasteiger partial charge < -0.3 is 24.4 Å². The predicted octanol–water partition coefficient (Wildman–Crippen LogP) is 4.13. The third-order valence-corrected chi connectivity index (χ3v) is 7.49. The van der Waals surface area contributed by atoms with Crippen molar-refractivity contribution in [3.63, 3.8) is 0 Å². The Morgan fingerprint density at radius 3 is 2.47 bits per heavy atom. The number of nitrogens with zero attached hydrogens (tertiary/aromatic N) is 6. The molecule has 0 saturated carbocycles. The van der Waals surface area contributed by atoms with Crippen molar-refractivity contribution in [2.24, 2.45) is 0 Å². The number of fused-ring (bicyclic) bond motifs is 1. The van der Waals surface area contributed by atoms with E-state index >= 15 is 0 Å². The van der Waals surface area contributed by atoms with Crippen molar-refractivity contribution in [3.8, 4) is 5.88 Å². The first kappa shape index (κ1) is 24.3. The van der Waals surface area contributed by atoms with Crippen LogP contribution >= 0.6 is 0 Å². The zero-order chi connectivity index (χ0) is 25.4. The van der Waals surface area contributed by atoms with Crippen molar-refractivity contribution in [1.29, 1.82) is 0 Å². The molecular formula is C27H35FN6O2. The number of amides is 1. The van der Waals surface area contributed by atoms with E-state index in [1.165, 1.54) is 12.1 Å². The summed E-state index contributed by atoms with van der Waals surface area (Å²) >= 11 is 0. The van der Waals surface area contributed by atoms with Gasteiger partial charge in [0.25, 0.3) is 0 Å². The average Bonchev–Trinajstić information content (AvgIpc) is 3.22. The molecule has 2 fully saturated rings. The summed E-state index contributed by atoms with van der Waals surface area (Å²) in [5.74, 6) is 1.43. The lowest BCUT2D eigenvalue weighted by Crippen LogP contribution is -2.48. The molecule has 1 N–H and O–H groups in total. The minimum absolute atomic E-state index is 0.0750. The minimum Gasteiger partial charge on any atom is -0.493 e. The number of hydrogen-bond acceptors (Lipinski definition) is 6. The number of halogens is 1. The predicted molar refractivity (Wildman–Crippen MR) is 139 cm³/mol. The molecule has 9 heteroatoms. The van der Waals surface area contributed by atoms with Crippen LogP contribution in [0, 0.1) is 5.82 Å². The number of piperidine rings is 1. The zero-order valence-corrected chi connectivity index (χ0v) is 21.3. The first-order chi connectivity index (χ1) is 17.3. The van der Waals surface area contributed by atoms with Crippen molar-refractivity contribution in [2.45, 2.75) is 58.5 Å². The highest BCUT2D eigenvalue weighted by Crippen LogP contribution is 2.38. The lowest BCUT2D eigenvalue weighted by atomic mass is 9.95. The fourth-order valence-electron chi connectivity index (χ4n) is 5.42. The van der Waals surface area contributed by atoms with Gasteiger partial charge in [-0.3, -0.25) is 4.79 Å². The SMILES string of the molecule is CC(=O)N1CCN(c2nc(N3CCCCC3Cc3ccc(F)cc3)c3cn(C(C)C)c(O)c3n2)CC1. The van der Waals surface area contributed by atoms with E-state index in [1.54, 1.807) is 6.92 Å². The van der Waals surface area contributed by atoms with Crippen molar-refractivity contribution in [3.05, 3.63) is 41.8 Å². The van der Waals surface area contributed by atoms with Crippen LogP contribution in [-0.4, -0.2) is 69.2 Å². The molecule has 8 nitrogen and oxygen atoms in total. The van der Waals surface area contributed by atoms with Gasteiger partial charge in [-0.1, -0.05) is 12.1 Å². The summed E-state index contributed by atoms with van der Waals surface area (Å²) < 4.78 is 15.3. The second-order valence-corrected chi connectivity index (χ2v) is 10.2. The standard InChI is InChI=1S/C27H35FN6O2/c1-18(2)34-17-23-24(26(34)36)29-27(32-14-12-31(13-15-32)19(3)35)30-25(23)33-11-5-4-6-22(33)16-20-7-9-21(28)10-8-20/h7-10,17-18,22,36H,4-6,11-16H2,1-3H3. The third kappa shape index (κ3) is 4.70. The van der Waals surface area contributed by atoms with Crippen LogP contribution in [0.1, 0.15) is 51.6 Å². The lowest BCUT2D eigenvalue weighted by Gasteiger charge is -2.38. The van der Waals surface area contributed by atoms with Gasteiger partial charge in [0.1, 0.15) is 17.2 Å². The van der Waals surface area contributed by atoms with E-state index in [0.717, 1.165) is 49.0 Å². The Morgan fingerprint density at radius 2 is 1.81 bits per heavy atom. The molecule has 1 aromatic carbocycles. The number of aromatic nitrogens is 3. The smallest absolute Gasteiger partial charge is 0.228 e. The molecule has 5 rings (SSSR count). The summed E-state index contributed by atoms with van der Waals surface area (Å²) in [6.45, 7) is 9.08. The van der Waals surface area contributed by atoms with Crippen molar-refractivity contribution >= 4 is 28.6 Å². The number of benzene rings is 1. The summed E-state index contributed by atoms with van der Waals surface area (Å²) in [4.78, 5) is 28.0. The molecule has 2 aromatic heterocycles. The van der Waals surface area contributed by atoms with E-state index in [0.29, 0.717) is 37.6 Å². The van der Waals surface area contributed by atoms with Gasteiger partial charge in [-0.2, -0.15) is 4.98 Å². The number of carbonyl (C=O) groups is 1. The topological polar surface area (TPSA) is 77.7 Å². The van der Waals surface area contributed by atoms with Crippen LogP contribution < -0.4 is 9.80 Å². The number of anilines is 2. The molecule has 3 aromatic rings. The van der Waals surface area contributed by atoms with E-state index in [9.17, 15) is 14.3 Å². The average molecular weight is 495 g/mol. The van der Waals surface area contributed by atoms with Gasteiger partial charge in [-0.15, -0.1) is 0 Å². The lowest BCUT2D eigenvalue weighted by molar-refractivity contribution is -0.129. The van der Waals surface area contributed by atoms with Crippen LogP contribution in [0.15, 0.2) is 30.5 Å². The molecule has 36 heavy (non-hydrogen) atoms. The second kappa shape index (κ2) is 9.95. The van der Waals surface area contributed by atoms with E-state index in [2.05, 4.69) is 9.80 Å². The Balaban J connectivity index is 1.55. The molecule has 1 amide bonds. The first-order valence-electron chi connectivity index (χ1n) is 12.9. The largest absolute Gasteiger partial charge is 0.493 e. The summed E-state index contributed by atoms with van der Waals surface area (Å²) in [5.41, 5.74) is 1.66. The van der Waals surface area contributed by atoms with Gasteiger partial charge in [0.2, 0.25) is 17.7 Å². The van der Waals surface area contributed by atoms with Crippen LogP contribution in [0.3, 0.4) is 0 Å². The monoisotopic (exact) mass is 494 g/mol. The van der Waals surface area contributed by atoms with Gasteiger partial charge in [-0.25, -0.2) is 9.37 Å². The molecule has 1 atom stereocenters. The molecule has 0 bridgehead atoms. The molecule has 4 heterocycles. The molecule has 2 aliphatic rings. The van der Waals surface area contributed by atoms with Crippen LogP contribution in [0.2, 0.25) is 0 Å². The maximum Gasteiger partial charge on any atom is 0.228 e. The number of hydrogen-bond donors (Lipinski definition) is 1. The van der Waals surface area contributed by atoms with Gasteiger partial charge in [0.05, 0.1) is 5.39 Å². The molecule has 2 saturated heterocycles. The zero-order valence-electron chi connectivity index (χ0n) is 21.3. The van der Waals surface area contributed by atoms with E-state index in [4.69, 9.17) is 9.97 Å². The van der Waals surface area contributed by atoms with Crippen LogP contribution in [-0.2, 0) is 11.2 Å². The van der Waals surface area contributed by atoms with Gasteiger partial charge in [0.15, 0.2) is 0 Å². The maximum absolute atomic E-state index is 13.5. The number of rotatable bonds is 5. The van der Waals surface area contributed by atoms with E-state index in [1.807, 2.05) is 41.6 Å². The number of piperazine rings is 1. The molecule has 2 aliphatic heterocycles. The molecule has 192 valence electrons. The van der Waals surface area contributed by atoms with Crippen molar-refractivity contribution < 1.29 is 14.3 Å². The maximum atomic E-state index is 13.5. The first-order valence-corrected chi connectivity index (χ1v) is 12.9. The number of carbonyl (C=O) groups excluding carboxylic acids is 1. The third-order valence-electron chi connectivity index (χ3n) is 7.49. The fourth-order valence-corrected chi connectivity index (χ4v) is 5.42. The molecule has 0 spiro atoms. The molecule has 1 unspecified atom stereocenters. The summed E-state index contributed by atoms with van der Waals surface area (Å²) in [6.07, 6.45) is 5.98. The van der Waals surface area contributed by atoms with Crippen LogP contribution in [0.25, 0.3) is 10.9 Å². The van der Waals surface area contributed by atoms with Gasteiger partial charge >= 0.3 is 0 Å². The van der Waals surface area contributed by atoms with Gasteiger partial charge in [0, 0.05) is 57.9 Å². The molecule has 0 radical (unpaired) electrons. The van der Waals surface area contributed by atoms with Crippen molar-refractivity contribution in [1.82, 2.24) is 19.4 Å². The summed E-state index contributed by atoms with van der Waals surface area (Å²) in [6, 6.07) is 7.05. The highest BCUT2D eigenvalue weighted by molar-refractivity contribution is 5.94. The van der Waals surface area contributed by atoms with E-state index in [-0.39, 0.29) is 29.7 Å². The Bertz CT molecular complexity index is 1230. The Morgan fingerprint density at radius 1 is 1.08 bits per heavy atom. The van der Waals surface area contributed by atoms with E-state index < -0.39 is 0 Å². The molecule has 0 aliphatic carbocycles. The minimum atomic E-state index is -0.225. The second-order valence-electron chi connectivity index (χ2n) is 10.2. The summed E-state index contributed by atoms with van der Waals surface area (Å²) in [7, 11) is 0. The van der Waals surface area contributed by atoms with Gasteiger partial charge in [-0.05, 0) is 57.2 Å². The molecular weight excluding hydrogens is 459 g/mol. The summed E-state index contributed by atoms with van der Waals surface area (Å²) in [5, 5.41) is 11.9. The van der Waals surface area contributed by atoms with Crippen molar-refractivity contribution in [2.75, 3.05) is 42.5 Å². The normalized spacial score (nSPS) is 18.9. The highest BCUT2D eigenvalue weighted by atomic mass is 19.1. The Hall–Kier alpha value is -3.36. The highest BCUT2D eigenvalue weighted by Gasteiger charge is 2.30. The van der Waals surface area contributed by atoms with Crippen LogP contribution in [0.5, 0.6) is 5.88 Å². The Labute approximate surface area is 211 Å². The quantitative estimate of drug-likeness (QED) is 0.575. The number of aromatic hydroxyl groups is 1. The Kier molecular flexibility index (Phi) is 6.73. The van der Waals surface area contributed by atoms with Crippen LogP contribution in [0.4, 0.5) is 16.2 Å². The fraction of sp³-hybridized carbons (Fsp3) is 0.519.